The molecular weight excluding hydrogens is 395 g/mol. The summed E-state index contributed by atoms with van der Waals surface area (Å²) >= 11 is 13.8. The maximum atomic E-state index is 11.6. The van der Waals surface area contributed by atoms with Crippen LogP contribution in [0.3, 0.4) is 0 Å². The number of nitrogens with one attached hydrogen (secondary N) is 1. The van der Waals surface area contributed by atoms with E-state index in [-0.39, 0.29) is 19.2 Å². The quantitative estimate of drug-likeness (QED) is 0.553. The Labute approximate surface area is 167 Å². The second-order valence-corrected chi connectivity index (χ2v) is 8.18. The Kier molecular flexibility index (Phi) is 6.60. The number of carbonyl (C=O) groups excluding carboxylic acids is 1. The summed E-state index contributed by atoms with van der Waals surface area (Å²) in [6.45, 7) is 0.126. The van der Waals surface area contributed by atoms with Crippen LogP contribution >= 0.6 is 35.0 Å². The molecule has 1 aromatic carbocycles. The number of hydrogen-bond acceptors (Lipinski definition) is 5. The molecule has 0 spiro atoms. The molecule has 142 valence electrons. The van der Waals surface area contributed by atoms with Crippen molar-refractivity contribution in [2.24, 2.45) is 0 Å². The van der Waals surface area contributed by atoms with E-state index in [1.54, 1.807) is 13.1 Å². The van der Waals surface area contributed by atoms with E-state index in [9.17, 15) is 9.90 Å². The van der Waals surface area contributed by atoms with Crippen LogP contribution in [0.5, 0.6) is 0 Å². The first-order chi connectivity index (χ1) is 11.9. The fourth-order valence-electron chi connectivity index (χ4n) is 2.71. The van der Waals surface area contributed by atoms with Crippen molar-refractivity contribution in [2.45, 2.75) is 48.9 Å². The lowest BCUT2D eigenvalue weighted by Crippen LogP contribution is -2.47. The van der Waals surface area contributed by atoms with E-state index in [4.69, 9.17) is 23.2 Å². The Morgan fingerprint density at radius 3 is 2.77 bits per heavy atom. The molecule has 0 saturated heterocycles. The van der Waals surface area contributed by atoms with E-state index >= 15 is 0 Å². The van der Waals surface area contributed by atoms with Crippen LogP contribution in [0.2, 0.25) is 5.02 Å². The second kappa shape index (κ2) is 8.17. The molecule has 1 aromatic heterocycles. The van der Waals surface area contributed by atoms with Gasteiger partial charge in [-0.05, 0) is 24.5 Å². The van der Waals surface area contributed by atoms with Crippen molar-refractivity contribution in [1.29, 1.82) is 0 Å². The number of thioether (sulfide) groups is 1. The highest BCUT2D eigenvalue weighted by atomic mass is 35.5. The molecule has 0 radical (unpaired) electrons. The van der Waals surface area contributed by atoms with Gasteiger partial charge in [0.1, 0.15) is 11.9 Å². The van der Waals surface area contributed by atoms with Gasteiger partial charge in [-0.3, -0.25) is 4.79 Å². The van der Waals surface area contributed by atoms with Gasteiger partial charge < -0.3 is 10.4 Å². The number of nitrogens with zero attached hydrogens (tertiary/aromatic N) is 3. The monoisotopic (exact) mass is 416 g/mol. The van der Waals surface area contributed by atoms with Gasteiger partial charge in [0.25, 0.3) is 5.24 Å². The maximum Gasteiger partial charge on any atom is 0.286 e. The van der Waals surface area contributed by atoms with Gasteiger partial charge in [0, 0.05) is 30.3 Å². The summed E-state index contributed by atoms with van der Waals surface area (Å²) in [7, 11) is 1.54. The zero-order chi connectivity index (χ0) is 18.1. The van der Waals surface area contributed by atoms with Crippen LogP contribution in [0, 0.1) is 0 Å². The third-order valence-corrected chi connectivity index (χ3v) is 6.33. The Balaban J connectivity index is 0.00000243. The Bertz CT molecular complexity index is 782. The molecule has 1 saturated carbocycles. The molecule has 0 aliphatic heterocycles. The molecule has 1 aliphatic rings. The molecule has 1 amide bonds. The molecule has 1 unspecified atom stereocenters. The Morgan fingerprint density at radius 2 is 2.15 bits per heavy atom. The molecule has 1 atom stereocenters. The topological polar surface area (TPSA) is 80.0 Å². The highest BCUT2D eigenvalue weighted by Gasteiger charge is 2.58. The van der Waals surface area contributed by atoms with E-state index in [0.29, 0.717) is 29.4 Å². The smallest absolute Gasteiger partial charge is 0.286 e. The van der Waals surface area contributed by atoms with Gasteiger partial charge in [-0.15, -0.1) is 11.6 Å². The van der Waals surface area contributed by atoms with Crippen LogP contribution < -0.4 is 5.32 Å². The molecule has 3 rings (SSSR count). The van der Waals surface area contributed by atoms with Gasteiger partial charge in [-0.2, -0.15) is 5.10 Å². The Hall–Kier alpha value is -1.28. The number of hydrogen-bond donors (Lipinski definition) is 2. The minimum Gasteiger partial charge on any atom is -0.386 e. The van der Waals surface area contributed by atoms with E-state index in [1.807, 2.05) is 18.2 Å². The SMILES string of the molecule is C.CNC(=O)Sc1ncnn1CC(O)(Cc1ccccc1Cl)C1(Cl)CC1. The third kappa shape index (κ3) is 4.34. The predicted molar refractivity (Wildman–Crippen MR) is 105 cm³/mol. The number of aliphatic hydroxyl groups is 1. The first kappa shape index (κ1) is 21.0. The predicted octanol–water partition coefficient (Wildman–Crippen LogP) is 3.74. The molecule has 26 heavy (non-hydrogen) atoms. The molecule has 1 aliphatic carbocycles. The number of amides is 1. The molecule has 1 fully saturated rings. The highest BCUT2D eigenvalue weighted by Crippen LogP contribution is 2.53. The average Bonchev–Trinajstić information content (AvgIpc) is 3.21. The van der Waals surface area contributed by atoms with Crippen molar-refractivity contribution in [1.82, 2.24) is 20.1 Å². The van der Waals surface area contributed by atoms with Crippen molar-refractivity contribution >= 4 is 40.2 Å². The van der Waals surface area contributed by atoms with Crippen molar-refractivity contribution in [3.05, 3.63) is 41.2 Å². The summed E-state index contributed by atoms with van der Waals surface area (Å²) in [6.07, 6.45) is 3.07. The third-order valence-electron chi connectivity index (χ3n) is 4.34. The maximum absolute atomic E-state index is 11.6. The molecular formula is C17H22Cl2N4O2S. The van der Waals surface area contributed by atoms with Gasteiger partial charge in [0.2, 0.25) is 0 Å². The summed E-state index contributed by atoms with van der Waals surface area (Å²) in [5.74, 6) is 0. The van der Waals surface area contributed by atoms with E-state index in [2.05, 4.69) is 15.4 Å². The fraction of sp³-hybridized carbons (Fsp3) is 0.471. The second-order valence-electron chi connectivity index (χ2n) is 6.10. The van der Waals surface area contributed by atoms with Crippen LogP contribution in [0.25, 0.3) is 0 Å². The van der Waals surface area contributed by atoms with Crippen molar-refractivity contribution in [2.75, 3.05) is 7.05 Å². The summed E-state index contributed by atoms with van der Waals surface area (Å²) in [5.41, 5.74) is -0.440. The van der Waals surface area contributed by atoms with Crippen LogP contribution in [-0.2, 0) is 13.0 Å². The van der Waals surface area contributed by atoms with Crippen molar-refractivity contribution < 1.29 is 9.90 Å². The van der Waals surface area contributed by atoms with Crippen molar-refractivity contribution in [3.8, 4) is 0 Å². The number of benzene rings is 1. The number of aromatic nitrogens is 3. The molecule has 0 bridgehead atoms. The summed E-state index contributed by atoms with van der Waals surface area (Å²) in [6, 6.07) is 7.37. The number of carbonyl (C=O) groups is 1. The summed E-state index contributed by atoms with van der Waals surface area (Å²) in [5, 5.41) is 18.8. The zero-order valence-corrected chi connectivity index (χ0v) is 15.9. The van der Waals surface area contributed by atoms with Crippen molar-refractivity contribution in [3.63, 3.8) is 0 Å². The molecule has 1 heterocycles. The van der Waals surface area contributed by atoms with E-state index in [1.165, 1.54) is 11.0 Å². The minimum absolute atomic E-state index is 0. The first-order valence-corrected chi connectivity index (χ1v) is 9.36. The van der Waals surface area contributed by atoms with E-state index < -0.39 is 10.5 Å². The minimum atomic E-state index is -1.26. The van der Waals surface area contributed by atoms with Crippen LogP contribution in [0.4, 0.5) is 4.79 Å². The lowest BCUT2D eigenvalue weighted by atomic mass is 9.89. The van der Waals surface area contributed by atoms with Gasteiger partial charge in [0.05, 0.1) is 11.4 Å². The molecule has 9 heteroatoms. The van der Waals surface area contributed by atoms with E-state index in [0.717, 1.165) is 17.3 Å². The lowest BCUT2D eigenvalue weighted by molar-refractivity contribution is 0.00526. The molecule has 2 aromatic rings. The number of alkyl halides is 1. The first-order valence-electron chi connectivity index (χ1n) is 7.79. The summed E-state index contributed by atoms with van der Waals surface area (Å²) in [4.78, 5) is 15.0. The average molecular weight is 417 g/mol. The van der Waals surface area contributed by atoms with Crippen LogP contribution in [0.15, 0.2) is 35.7 Å². The fourth-order valence-corrected chi connectivity index (χ4v) is 3.72. The van der Waals surface area contributed by atoms with Crippen LogP contribution in [-0.4, -0.2) is 42.6 Å². The molecule has 2 N–H and O–H groups in total. The zero-order valence-electron chi connectivity index (χ0n) is 13.6. The van der Waals surface area contributed by atoms with Gasteiger partial charge in [-0.25, -0.2) is 9.67 Å². The van der Waals surface area contributed by atoms with Gasteiger partial charge >= 0.3 is 0 Å². The van der Waals surface area contributed by atoms with Gasteiger partial charge in [-0.1, -0.05) is 37.2 Å². The number of halogens is 2. The Morgan fingerprint density at radius 1 is 1.46 bits per heavy atom. The molecule has 6 nitrogen and oxygen atoms in total. The standard InChI is InChI=1S/C16H18Cl2N4O2S.CH4/c1-19-14(23)25-13-20-10-21-22(13)9-16(24,15(18)6-7-15)8-11-4-2-3-5-12(11)17;/h2-5,10,24H,6-9H2,1H3,(H,19,23);1H4. The largest absolute Gasteiger partial charge is 0.386 e. The summed E-state index contributed by atoms with van der Waals surface area (Å²) < 4.78 is 1.51. The number of rotatable bonds is 6. The van der Waals surface area contributed by atoms with Gasteiger partial charge in [0.15, 0.2) is 5.16 Å². The lowest BCUT2D eigenvalue weighted by Gasteiger charge is -2.33. The highest BCUT2D eigenvalue weighted by molar-refractivity contribution is 8.13. The normalized spacial score (nSPS) is 17.1. The van der Waals surface area contributed by atoms with Crippen LogP contribution in [0.1, 0.15) is 25.8 Å².